The first-order chi connectivity index (χ1) is 9.24. The van der Waals surface area contributed by atoms with Gasteiger partial charge in [0.05, 0.1) is 30.0 Å². The summed E-state index contributed by atoms with van der Waals surface area (Å²) in [7, 11) is 0. The standard InChI is InChI=1S/C15H13FN2O/c16-12-5-3-4-11(8-12)15(19)9-18-10-17-13-6-1-2-7-14(13)18/h1-8,10,15,19H,9H2/t15-/m0/s1. The number of halogens is 1. The molecule has 3 rings (SSSR count). The van der Waals surface area contributed by atoms with Gasteiger partial charge in [0.1, 0.15) is 5.82 Å². The Labute approximate surface area is 109 Å². The summed E-state index contributed by atoms with van der Waals surface area (Å²) in [5, 5.41) is 10.2. The van der Waals surface area contributed by atoms with Crippen molar-refractivity contribution in [2.45, 2.75) is 12.6 Å². The van der Waals surface area contributed by atoms with E-state index in [4.69, 9.17) is 0 Å². The van der Waals surface area contributed by atoms with Gasteiger partial charge in [-0.3, -0.25) is 0 Å². The van der Waals surface area contributed by atoms with E-state index in [9.17, 15) is 9.50 Å². The van der Waals surface area contributed by atoms with Crippen molar-refractivity contribution in [2.24, 2.45) is 0 Å². The van der Waals surface area contributed by atoms with Crippen molar-refractivity contribution in [1.29, 1.82) is 0 Å². The molecule has 0 radical (unpaired) electrons. The third kappa shape index (κ3) is 2.35. The molecule has 0 saturated heterocycles. The maximum Gasteiger partial charge on any atom is 0.123 e. The van der Waals surface area contributed by atoms with E-state index in [1.165, 1.54) is 12.1 Å². The Bertz CT molecular complexity index is 708. The smallest absolute Gasteiger partial charge is 0.123 e. The third-order valence-electron chi connectivity index (χ3n) is 3.13. The summed E-state index contributed by atoms with van der Waals surface area (Å²) in [6, 6.07) is 13.7. The second-order valence-corrected chi connectivity index (χ2v) is 4.46. The van der Waals surface area contributed by atoms with Gasteiger partial charge in [-0.25, -0.2) is 9.37 Å². The number of para-hydroxylation sites is 2. The number of aliphatic hydroxyl groups is 1. The fourth-order valence-corrected chi connectivity index (χ4v) is 2.16. The van der Waals surface area contributed by atoms with Crippen LogP contribution in [0.1, 0.15) is 11.7 Å². The summed E-state index contributed by atoms with van der Waals surface area (Å²) in [6.07, 6.45) is 0.931. The van der Waals surface area contributed by atoms with E-state index in [1.807, 2.05) is 28.8 Å². The minimum Gasteiger partial charge on any atom is -0.387 e. The largest absolute Gasteiger partial charge is 0.387 e. The molecule has 0 saturated carbocycles. The Hall–Kier alpha value is -2.20. The van der Waals surface area contributed by atoms with Crippen LogP contribution >= 0.6 is 0 Å². The highest BCUT2D eigenvalue weighted by Crippen LogP contribution is 2.19. The van der Waals surface area contributed by atoms with Crippen molar-refractivity contribution in [2.75, 3.05) is 0 Å². The van der Waals surface area contributed by atoms with Gasteiger partial charge in [-0.1, -0.05) is 24.3 Å². The SMILES string of the molecule is O[C@@H](Cn1cnc2ccccc21)c1cccc(F)c1. The van der Waals surface area contributed by atoms with Crippen LogP contribution in [0.25, 0.3) is 11.0 Å². The molecule has 96 valence electrons. The molecule has 1 heterocycles. The Morgan fingerprint density at radius 3 is 2.84 bits per heavy atom. The van der Waals surface area contributed by atoms with Gasteiger partial charge >= 0.3 is 0 Å². The zero-order valence-electron chi connectivity index (χ0n) is 10.2. The maximum absolute atomic E-state index is 13.1. The summed E-state index contributed by atoms with van der Waals surface area (Å²) in [6.45, 7) is 0.351. The van der Waals surface area contributed by atoms with Gasteiger partial charge in [0.25, 0.3) is 0 Å². The van der Waals surface area contributed by atoms with Crippen molar-refractivity contribution in [3.05, 3.63) is 66.2 Å². The lowest BCUT2D eigenvalue weighted by Gasteiger charge is -2.12. The van der Waals surface area contributed by atoms with Crippen molar-refractivity contribution >= 4 is 11.0 Å². The van der Waals surface area contributed by atoms with Gasteiger partial charge in [0, 0.05) is 0 Å². The molecule has 3 aromatic rings. The van der Waals surface area contributed by atoms with Crippen LogP contribution in [0.3, 0.4) is 0 Å². The molecule has 0 unspecified atom stereocenters. The van der Waals surface area contributed by atoms with Crippen LogP contribution in [0.4, 0.5) is 4.39 Å². The van der Waals surface area contributed by atoms with Gasteiger partial charge in [0.15, 0.2) is 0 Å². The Morgan fingerprint density at radius 1 is 1.16 bits per heavy atom. The van der Waals surface area contributed by atoms with Crippen LogP contribution in [0.2, 0.25) is 0 Å². The monoisotopic (exact) mass is 256 g/mol. The minimum absolute atomic E-state index is 0.341. The van der Waals surface area contributed by atoms with E-state index >= 15 is 0 Å². The first-order valence-electron chi connectivity index (χ1n) is 6.07. The summed E-state index contributed by atoms with van der Waals surface area (Å²) in [4.78, 5) is 4.26. The molecule has 4 heteroatoms. The number of benzene rings is 2. The molecule has 2 aromatic carbocycles. The molecule has 0 bridgehead atoms. The summed E-state index contributed by atoms with van der Waals surface area (Å²) in [5.41, 5.74) is 2.41. The summed E-state index contributed by atoms with van der Waals surface area (Å²) >= 11 is 0. The van der Waals surface area contributed by atoms with Gasteiger partial charge < -0.3 is 9.67 Å². The lowest BCUT2D eigenvalue weighted by molar-refractivity contribution is 0.157. The molecule has 0 spiro atoms. The van der Waals surface area contributed by atoms with E-state index in [1.54, 1.807) is 18.5 Å². The molecule has 19 heavy (non-hydrogen) atoms. The molecule has 1 aromatic heterocycles. The molecule has 0 aliphatic heterocycles. The van der Waals surface area contributed by atoms with Crippen LogP contribution in [-0.2, 0) is 6.54 Å². The van der Waals surface area contributed by atoms with Crippen LogP contribution < -0.4 is 0 Å². The molecule has 0 aliphatic carbocycles. The maximum atomic E-state index is 13.1. The van der Waals surface area contributed by atoms with Crippen molar-refractivity contribution < 1.29 is 9.50 Å². The quantitative estimate of drug-likeness (QED) is 0.782. The zero-order valence-corrected chi connectivity index (χ0v) is 10.2. The first kappa shape index (κ1) is 11.9. The molecule has 3 nitrogen and oxygen atoms in total. The molecule has 0 aliphatic rings. The van der Waals surface area contributed by atoms with Crippen LogP contribution in [0.5, 0.6) is 0 Å². The molecule has 0 amide bonds. The fourth-order valence-electron chi connectivity index (χ4n) is 2.16. The number of aliphatic hydroxyl groups excluding tert-OH is 1. The second kappa shape index (κ2) is 4.82. The highest BCUT2D eigenvalue weighted by molar-refractivity contribution is 5.74. The highest BCUT2D eigenvalue weighted by Gasteiger charge is 2.11. The van der Waals surface area contributed by atoms with Crippen molar-refractivity contribution in [1.82, 2.24) is 9.55 Å². The first-order valence-corrected chi connectivity index (χ1v) is 6.07. The van der Waals surface area contributed by atoms with Crippen molar-refractivity contribution in [3.8, 4) is 0 Å². The average Bonchev–Trinajstić information content (AvgIpc) is 2.82. The number of fused-ring (bicyclic) bond motifs is 1. The zero-order chi connectivity index (χ0) is 13.2. The lowest BCUT2D eigenvalue weighted by Crippen LogP contribution is -2.08. The lowest BCUT2D eigenvalue weighted by atomic mass is 10.1. The topological polar surface area (TPSA) is 38.0 Å². The summed E-state index contributed by atoms with van der Waals surface area (Å²) in [5.74, 6) is -0.341. The summed E-state index contributed by atoms with van der Waals surface area (Å²) < 4.78 is 15.0. The molecule has 1 atom stereocenters. The Morgan fingerprint density at radius 2 is 2.00 bits per heavy atom. The molecular formula is C15H13FN2O. The minimum atomic E-state index is -0.756. The van der Waals surface area contributed by atoms with Crippen LogP contribution in [-0.4, -0.2) is 14.7 Å². The third-order valence-corrected chi connectivity index (χ3v) is 3.13. The average molecular weight is 256 g/mol. The highest BCUT2D eigenvalue weighted by atomic mass is 19.1. The normalized spacial score (nSPS) is 12.7. The molecule has 1 N–H and O–H groups in total. The van der Waals surface area contributed by atoms with Gasteiger partial charge in [-0.15, -0.1) is 0 Å². The molecule has 0 fully saturated rings. The van der Waals surface area contributed by atoms with E-state index in [2.05, 4.69) is 4.98 Å². The van der Waals surface area contributed by atoms with E-state index in [0.717, 1.165) is 11.0 Å². The second-order valence-electron chi connectivity index (χ2n) is 4.46. The Balaban J connectivity index is 1.89. The number of rotatable bonds is 3. The number of hydrogen-bond donors (Lipinski definition) is 1. The fraction of sp³-hybridized carbons (Fsp3) is 0.133. The predicted molar refractivity (Wildman–Crippen MR) is 71.1 cm³/mol. The van der Waals surface area contributed by atoms with Crippen LogP contribution in [0, 0.1) is 5.82 Å². The number of aromatic nitrogens is 2. The van der Waals surface area contributed by atoms with Gasteiger partial charge in [-0.2, -0.15) is 0 Å². The van der Waals surface area contributed by atoms with Gasteiger partial charge in [-0.05, 0) is 29.8 Å². The number of hydrogen-bond acceptors (Lipinski definition) is 2. The van der Waals surface area contributed by atoms with Crippen molar-refractivity contribution in [3.63, 3.8) is 0 Å². The molecular weight excluding hydrogens is 243 g/mol. The number of nitrogens with zero attached hydrogens (tertiary/aromatic N) is 2. The van der Waals surface area contributed by atoms with Gasteiger partial charge in [0.2, 0.25) is 0 Å². The predicted octanol–water partition coefficient (Wildman–Crippen LogP) is 2.91. The number of imidazole rings is 1. The van der Waals surface area contributed by atoms with E-state index < -0.39 is 6.10 Å². The van der Waals surface area contributed by atoms with E-state index in [0.29, 0.717) is 12.1 Å². The van der Waals surface area contributed by atoms with Crippen LogP contribution in [0.15, 0.2) is 54.9 Å². The van der Waals surface area contributed by atoms with E-state index in [-0.39, 0.29) is 5.82 Å². The Kier molecular flexibility index (Phi) is 3.01.